The van der Waals surface area contributed by atoms with Crippen LogP contribution < -0.4 is 44.6 Å². The number of carbonyl (C=O) groups excluding carboxylic acids is 4. The van der Waals surface area contributed by atoms with Gasteiger partial charge in [-0.15, -0.1) is 0 Å². The van der Waals surface area contributed by atoms with Crippen LogP contribution in [0.5, 0.6) is 0 Å². The number of hydrogen-bond donors (Lipinski definition) is 10. The Labute approximate surface area is 202 Å². The number of rotatable bonds is 18. The number of carboxylic acid groups (broad SMARTS) is 1. The number of nitrogens with zero attached hydrogens (tertiary/aromatic N) is 1. The molecule has 200 valence electrons. The number of amides is 4. The first kappa shape index (κ1) is 31.5. The van der Waals surface area contributed by atoms with Crippen molar-refractivity contribution in [1.82, 2.24) is 16.0 Å². The Hall–Kier alpha value is -3.50. The topological polar surface area (TPSA) is 304 Å². The quantitative estimate of drug-likeness (QED) is 0.0479. The Morgan fingerprint density at radius 1 is 0.800 bits per heavy atom. The molecular weight excluding hydrogens is 466 g/mol. The van der Waals surface area contributed by atoms with Crippen LogP contribution in [-0.4, -0.2) is 89.6 Å². The van der Waals surface area contributed by atoms with Gasteiger partial charge in [-0.25, -0.2) is 4.79 Å². The lowest BCUT2D eigenvalue weighted by Crippen LogP contribution is -2.57. The molecule has 4 atom stereocenters. The lowest BCUT2D eigenvalue weighted by Gasteiger charge is -2.25. The van der Waals surface area contributed by atoms with Crippen LogP contribution in [0.2, 0.25) is 0 Å². The van der Waals surface area contributed by atoms with Crippen LogP contribution in [0.1, 0.15) is 38.5 Å². The second-order valence-corrected chi connectivity index (χ2v) is 7.71. The molecule has 0 fully saturated rings. The van der Waals surface area contributed by atoms with Crippen LogP contribution in [0.15, 0.2) is 4.99 Å². The molecule has 16 nitrogen and oxygen atoms in total. The molecule has 0 heterocycles. The van der Waals surface area contributed by atoms with Gasteiger partial charge in [0.05, 0.1) is 19.1 Å². The van der Waals surface area contributed by atoms with Crippen molar-refractivity contribution in [3.63, 3.8) is 0 Å². The third-order valence-corrected chi connectivity index (χ3v) is 4.71. The molecule has 0 aromatic heterocycles. The van der Waals surface area contributed by atoms with E-state index in [1.54, 1.807) is 0 Å². The maximum Gasteiger partial charge on any atom is 0.328 e. The van der Waals surface area contributed by atoms with Gasteiger partial charge in [0.15, 0.2) is 5.96 Å². The van der Waals surface area contributed by atoms with E-state index < -0.39 is 66.8 Å². The van der Waals surface area contributed by atoms with Crippen molar-refractivity contribution in [2.75, 3.05) is 19.7 Å². The number of guanidine groups is 1. The molecule has 0 aromatic rings. The van der Waals surface area contributed by atoms with E-state index in [0.29, 0.717) is 19.4 Å². The average molecular weight is 504 g/mol. The van der Waals surface area contributed by atoms with Gasteiger partial charge in [-0.2, -0.15) is 0 Å². The number of aliphatic carboxylic acids is 1. The van der Waals surface area contributed by atoms with Crippen molar-refractivity contribution in [2.45, 2.75) is 62.7 Å². The molecule has 15 N–H and O–H groups in total. The molecule has 0 saturated heterocycles. The molecule has 4 amide bonds. The smallest absolute Gasteiger partial charge is 0.328 e. The van der Waals surface area contributed by atoms with Crippen LogP contribution in [0.25, 0.3) is 0 Å². The lowest BCUT2D eigenvalue weighted by atomic mass is 10.1. The normalized spacial score (nSPS) is 14.0. The number of nitrogens with one attached hydrogen (secondary N) is 3. The van der Waals surface area contributed by atoms with Gasteiger partial charge < -0.3 is 54.8 Å². The van der Waals surface area contributed by atoms with E-state index in [-0.39, 0.29) is 31.8 Å². The number of nitrogens with two attached hydrogens (primary N) is 5. The number of unbranched alkanes of at least 4 members (excludes halogenated alkanes) is 1. The third kappa shape index (κ3) is 13.7. The zero-order valence-electron chi connectivity index (χ0n) is 19.4. The van der Waals surface area contributed by atoms with Crippen molar-refractivity contribution < 1.29 is 34.2 Å². The maximum atomic E-state index is 13.0. The predicted octanol–water partition coefficient (Wildman–Crippen LogP) is -5.10. The average Bonchev–Trinajstić information content (AvgIpc) is 2.77. The number of carboxylic acids is 1. The summed E-state index contributed by atoms with van der Waals surface area (Å²) in [5.41, 5.74) is 26.7. The predicted molar refractivity (Wildman–Crippen MR) is 125 cm³/mol. The van der Waals surface area contributed by atoms with E-state index in [0.717, 1.165) is 0 Å². The van der Waals surface area contributed by atoms with Crippen molar-refractivity contribution >= 4 is 35.6 Å². The Kier molecular flexibility index (Phi) is 15.3. The molecular formula is C19H37N9O7. The van der Waals surface area contributed by atoms with E-state index in [4.69, 9.17) is 38.9 Å². The SMILES string of the molecule is NCCCCC(NC(=O)C(CCCN=C(N)N)NC(=O)C(N)CC(N)=O)C(=O)NC(CO)C(=O)O. The molecule has 0 saturated carbocycles. The standard InChI is InChI=1S/C19H37N9O7/c20-6-2-1-4-11(17(33)28-13(9-29)18(34)35)27-16(32)12(5-3-7-25-19(23)24)26-15(31)10(21)8-14(22)30/h10-13,29H,1-9,20-21H2,(H2,22,30)(H,26,31)(H,27,32)(H,28,33)(H,34,35)(H4,23,24,25). The van der Waals surface area contributed by atoms with E-state index >= 15 is 0 Å². The number of aliphatic hydroxyl groups excluding tert-OH is 1. The fourth-order valence-electron chi connectivity index (χ4n) is 2.85. The summed E-state index contributed by atoms with van der Waals surface area (Å²) in [5.74, 6) is -4.85. The van der Waals surface area contributed by atoms with Gasteiger partial charge in [0.25, 0.3) is 0 Å². The fraction of sp³-hybridized carbons (Fsp3) is 0.684. The molecule has 0 radical (unpaired) electrons. The molecule has 0 aromatic carbocycles. The van der Waals surface area contributed by atoms with Crippen molar-refractivity contribution in [3.05, 3.63) is 0 Å². The van der Waals surface area contributed by atoms with E-state index in [1.807, 2.05) is 0 Å². The highest BCUT2D eigenvalue weighted by atomic mass is 16.4. The Balaban J connectivity index is 5.54. The Morgan fingerprint density at radius 3 is 1.77 bits per heavy atom. The largest absolute Gasteiger partial charge is 0.480 e. The van der Waals surface area contributed by atoms with Crippen molar-refractivity contribution in [3.8, 4) is 0 Å². The molecule has 16 heteroatoms. The third-order valence-electron chi connectivity index (χ3n) is 4.71. The minimum Gasteiger partial charge on any atom is -0.480 e. The maximum absolute atomic E-state index is 13.0. The molecule has 0 rings (SSSR count). The number of aliphatic hydroxyl groups is 1. The van der Waals surface area contributed by atoms with Gasteiger partial charge >= 0.3 is 5.97 Å². The highest BCUT2D eigenvalue weighted by molar-refractivity contribution is 5.95. The summed E-state index contributed by atoms with van der Waals surface area (Å²) < 4.78 is 0. The molecule has 0 aliphatic rings. The first-order valence-corrected chi connectivity index (χ1v) is 11.0. The van der Waals surface area contributed by atoms with Gasteiger partial charge in [-0.1, -0.05) is 0 Å². The van der Waals surface area contributed by atoms with E-state index in [9.17, 15) is 24.0 Å². The van der Waals surface area contributed by atoms with Gasteiger partial charge in [0.1, 0.15) is 18.1 Å². The summed E-state index contributed by atoms with van der Waals surface area (Å²) in [4.78, 5) is 63.9. The van der Waals surface area contributed by atoms with E-state index in [2.05, 4.69) is 20.9 Å². The molecule has 0 aliphatic heterocycles. The Morgan fingerprint density at radius 2 is 1.31 bits per heavy atom. The van der Waals surface area contributed by atoms with Crippen LogP contribution in [0, 0.1) is 0 Å². The summed E-state index contributed by atoms with van der Waals surface area (Å²) in [5, 5.41) is 25.3. The summed E-state index contributed by atoms with van der Waals surface area (Å²) in [6.45, 7) is -0.379. The van der Waals surface area contributed by atoms with Crippen LogP contribution in [0.4, 0.5) is 0 Å². The van der Waals surface area contributed by atoms with Crippen molar-refractivity contribution in [1.29, 1.82) is 0 Å². The van der Waals surface area contributed by atoms with Crippen LogP contribution in [-0.2, 0) is 24.0 Å². The fourth-order valence-corrected chi connectivity index (χ4v) is 2.85. The highest BCUT2D eigenvalue weighted by Crippen LogP contribution is 2.06. The Bertz CT molecular complexity index is 759. The second-order valence-electron chi connectivity index (χ2n) is 7.71. The van der Waals surface area contributed by atoms with Crippen molar-refractivity contribution in [2.24, 2.45) is 33.7 Å². The molecule has 0 spiro atoms. The summed E-state index contributed by atoms with van der Waals surface area (Å²) in [7, 11) is 0. The van der Waals surface area contributed by atoms with Gasteiger partial charge in [0.2, 0.25) is 23.6 Å². The molecule has 0 bridgehead atoms. The first-order valence-electron chi connectivity index (χ1n) is 11.0. The monoisotopic (exact) mass is 503 g/mol. The molecule has 4 unspecified atom stereocenters. The van der Waals surface area contributed by atoms with Gasteiger partial charge in [-0.05, 0) is 38.6 Å². The van der Waals surface area contributed by atoms with E-state index in [1.165, 1.54) is 0 Å². The minimum absolute atomic E-state index is 0.0448. The number of aliphatic imine (C=N–C) groups is 1. The second kappa shape index (κ2) is 17.0. The molecule has 35 heavy (non-hydrogen) atoms. The van der Waals surface area contributed by atoms with Crippen LogP contribution in [0.3, 0.4) is 0 Å². The van der Waals surface area contributed by atoms with Crippen LogP contribution >= 0.6 is 0 Å². The summed E-state index contributed by atoms with van der Waals surface area (Å²) in [6, 6.07) is -5.24. The zero-order chi connectivity index (χ0) is 27.0. The first-order chi connectivity index (χ1) is 16.4. The highest BCUT2D eigenvalue weighted by Gasteiger charge is 2.30. The summed E-state index contributed by atoms with van der Waals surface area (Å²) in [6.07, 6.45) is 0.929. The molecule has 0 aliphatic carbocycles. The lowest BCUT2D eigenvalue weighted by molar-refractivity contribution is -0.143. The minimum atomic E-state index is -1.57. The number of carbonyl (C=O) groups is 5. The number of hydrogen-bond acceptors (Lipinski definition) is 9. The zero-order valence-corrected chi connectivity index (χ0v) is 19.4. The van der Waals surface area contributed by atoms with Gasteiger partial charge in [0, 0.05) is 6.54 Å². The van der Waals surface area contributed by atoms with Gasteiger partial charge in [-0.3, -0.25) is 24.2 Å². The summed E-state index contributed by atoms with van der Waals surface area (Å²) >= 11 is 0. The number of primary amides is 1.